The largest absolute Gasteiger partial charge is 0.496 e. The molecule has 2 amide bonds. The van der Waals surface area contributed by atoms with E-state index in [9.17, 15) is 37.4 Å². The molecule has 0 spiro atoms. The number of hydrogen-bond acceptors (Lipinski definition) is 6. The monoisotopic (exact) mass is 611 g/mol. The normalized spacial score (nSPS) is 15.9. The molecule has 6 N–H and O–H groups in total. The molecule has 1 saturated heterocycles. The van der Waals surface area contributed by atoms with Gasteiger partial charge in [-0.05, 0) is 67.1 Å². The molecule has 1 aromatic heterocycles. The van der Waals surface area contributed by atoms with Crippen LogP contribution in [0.2, 0.25) is 0 Å². The standard InChI is InChI=1S/C28H32F4N2O4.C2H5NO2/c1-26(2,22-14-19(29)5-7-24(22)38-3)16-27(37,28(30,31)32)15-20-13-18-12-17(4-6-23(18)33-20)25(36)34-10-8-21(35)9-11-34;3-2(5)1-4/h4-7,12-14,21,33,35,37H,8-11,15-16H2,1-3H3;4H,1H2,(H2,3,5). The molecule has 1 aliphatic heterocycles. The number of amides is 2. The molecule has 0 bridgehead atoms. The smallest absolute Gasteiger partial charge is 0.417 e. The van der Waals surface area contributed by atoms with E-state index >= 15 is 0 Å². The van der Waals surface area contributed by atoms with Crippen LogP contribution in [0.3, 0.4) is 0 Å². The maximum Gasteiger partial charge on any atom is 0.417 e. The van der Waals surface area contributed by atoms with E-state index in [1.54, 1.807) is 23.1 Å². The Morgan fingerprint density at radius 1 is 1.09 bits per heavy atom. The third-order valence-electron chi connectivity index (χ3n) is 7.47. The first-order valence-corrected chi connectivity index (χ1v) is 13.6. The molecular formula is C30H37F4N3O6. The SMILES string of the molecule is COc1ccc(F)cc1C(C)(C)CC(O)(Cc1cc2cc(C(=O)N3CCC(O)CC3)ccc2[nH]1)C(F)(F)F.NC(=O)CO. The van der Waals surface area contributed by atoms with Gasteiger partial charge in [-0.2, -0.15) is 13.2 Å². The van der Waals surface area contributed by atoms with Crippen LogP contribution in [0.5, 0.6) is 5.75 Å². The van der Waals surface area contributed by atoms with E-state index in [0.29, 0.717) is 42.4 Å². The quantitative estimate of drug-likeness (QED) is 0.246. The molecule has 2 heterocycles. The van der Waals surface area contributed by atoms with Crippen molar-refractivity contribution < 1.29 is 47.2 Å². The first-order chi connectivity index (χ1) is 20.0. The number of aromatic amines is 1. The zero-order valence-electron chi connectivity index (χ0n) is 24.2. The Morgan fingerprint density at radius 3 is 2.28 bits per heavy atom. The van der Waals surface area contributed by atoms with Crippen molar-refractivity contribution in [3.8, 4) is 5.75 Å². The zero-order chi connectivity index (χ0) is 32.2. The summed E-state index contributed by atoms with van der Waals surface area (Å²) in [4.78, 5) is 26.8. The second kappa shape index (κ2) is 13.3. The Hall–Kier alpha value is -3.68. The zero-order valence-corrected chi connectivity index (χ0v) is 24.2. The number of fused-ring (bicyclic) bond motifs is 1. The molecule has 1 fully saturated rings. The van der Waals surface area contributed by atoms with E-state index in [1.807, 2.05) is 0 Å². The first-order valence-electron chi connectivity index (χ1n) is 13.6. The Morgan fingerprint density at radius 2 is 1.72 bits per heavy atom. The minimum atomic E-state index is -4.98. The predicted octanol–water partition coefficient (Wildman–Crippen LogP) is 3.58. The van der Waals surface area contributed by atoms with Crippen LogP contribution in [0.25, 0.3) is 10.9 Å². The van der Waals surface area contributed by atoms with Crippen LogP contribution in [-0.2, 0) is 16.6 Å². The van der Waals surface area contributed by atoms with Crippen molar-refractivity contribution in [2.24, 2.45) is 5.73 Å². The second-order valence-corrected chi connectivity index (χ2v) is 11.4. The topological polar surface area (TPSA) is 149 Å². The van der Waals surface area contributed by atoms with Gasteiger partial charge in [0.1, 0.15) is 18.2 Å². The van der Waals surface area contributed by atoms with Gasteiger partial charge in [-0.15, -0.1) is 0 Å². The van der Waals surface area contributed by atoms with E-state index in [1.165, 1.54) is 33.1 Å². The lowest BCUT2D eigenvalue weighted by Crippen LogP contribution is -2.51. The lowest BCUT2D eigenvalue weighted by atomic mass is 9.73. The lowest BCUT2D eigenvalue weighted by Gasteiger charge is -2.38. The number of ether oxygens (including phenoxy) is 1. The molecule has 0 aliphatic carbocycles. The maximum atomic E-state index is 14.3. The number of benzene rings is 2. The molecule has 3 aromatic rings. The Bertz CT molecular complexity index is 1430. The van der Waals surface area contributed by atoms with Crippen molar-refractivity contribution in [2.45, 2.75) is 62.8 Å². The molecule has 2 aromatic carbocycles. The summed E-state index contributed by atoms with van der Waals surface area (Å²) in [5.74, 6) is -1.29. The molecule has 9 nitrogen and oxygen atoms in total. The third-order valence-corrected chi connectivity index (χ3v) is 7.47. The number of nitrogens with two attached hydrogens (primary N) is 1. The molecular weight excluding hydrogens is 574 g/mol. The van der Waals surface area contributed by atoms with Crippen molar-refractivity contribution in [3.05, 3.63) is 65.1 Å². The Kier molecular flexibility index (Phi) is 10.5. The van der Waals surface area contributed by atoms with Crippen molar-refractivity contribution in [1.29, 1.82) is 0 Å². The molecule has 1 aliphatic rings. The third kappa shape index (κ3) is 8.24. The van der Waals surface area contributed by atoms with Gasteiger partial charge < -0.3 is 35.7 Å². The molecule has 4 rings (SSSR count). The molecule has 236 valence electrons. The summed E-state index contributed by atoms with van der Waals surface area (Å²) in [5, 5.41) is 28.9. The summed E-state index contributed by atoms with van der Waals surface area (Å²) in [6.45, 7) is 3.31. The van der Waals surface area contributed by atoms with Crippen molar-refractivity contribution in [3.63, 3.8) is 0 Å². The average Bonchev–Trinajstić information content (AvgIpc) is 3.33. The van der Waals surface area contributed by atoms with Crippen molar-refractivity contribution >= 4 is 22.7 Å². The van der Waals surface area contributed by atoms with E-state index < -0.39 is 54.5 Å². The van der Waals surface area contributed by atoms with Crippen LogP contribution < -0.4 is 10.5 Å². The number of likely N-dealkylation sites (tertiary alicyclic amines) is 1. The Balaban J connectivity index is 0.000000934. The molecule has 1 unspecified atom stereocenters. The maximum absolute atomic E-state index is 14.3. The summed E-state index contributed by atoms with van der Waals surface area (Å²) >= 11 is 0. The number of carbonyl (C=O) groups excluding carboxylic acids is 2. The van der Waals surface area contributed by atoms with E-state index in [0.717, 1.165) is 12.1 Å². The highest BCUT2D eigenvalue weighted by atomic mass is 19.4. The van der Waals surface area contributed by atoms with Gasteiger partial charge in [0.15, 0.2) is 5.60 Å². The van der Waals surface area contributed by atoms with Crippen LogP contribution in [0, 0.1) is 5.82 Å². The minimum absolute atomic E-state index is 0.146. The predicted molar refractivity (Wildman–Crippen MR) is 151 cm³/mol. The molecule has 1 atom stereocenters. The van der Waals surface area contributed by atoms with Crippen LogP contribution in [0.1, 0.15) is 54.7 Å². The second-order valence-electron chi connectivity index (χ2n) is 11.4. The number of hydrogen-bond donors (Lipinski definition) is 5. The van der Waals surface area contributed by atoms with Gasteiger partial charge in [-0.25, -0.2) is 4.39 Å². The number of carbonyl (C=O) groups is 2. The van der Waals surface area contributed by atoms with Gasteiger partial charge in [-0.3, -0.25) is 9.59 Å². The number of methoxy groups -OCH3 is 1. The number of piperidine rings is 1. The van der Waals surface area contributed by atoms with Gasteiger partial charge in [-0.1, -0.05) is 13.8 Å². The van der Waals surface area contributed by atoms with Crippen molar-refractivity contribution in [2.75, 3.05) is 26.8 Å². The summed E-state index contributed by atoms with van der Waals surface area (Å²) in [5.41, 5.74) is 1.25. The Labute approximate surface area is 246 Å². The van der Waals surface area contributed by atoms with Gasteiger partial charge in [0.2, 0.25) is 5.91 Å². The highest BCUT2D eigenvalue weighted by molar-refractivity contribution is 5.98. The number of aliphatic hydroxyl groups is 3. The number of halogens is 4. The molecule has 0 radical (unpaired) electrons. The molecule has 13 heteroatoms. The van der Waals surface area contributed by atoms with Gasteiger partial charge in [0.05, 0.1) is 13.2 Å². The molecule has 43 heavy (non-hydrogen) atoms. The fourth-order valence-electron chi connectivity index (χ4n) is 5.29. The fraction of sp³-hybridized carbons (Fsp3) is 0.467. The minimum Gasteiger partial charge on any atom is -0.496 e. The summed E-state index contributed by atoms with van der Waals surface area (Å²) in [6.07, 6.45) is -5.93. The van der Waals surface area contributed by atoms with Crippen molar-refractivity contribution in [1.82, 2.24) is 9.88 Å². The van der Waals surface area contributed by atoms with Crippen LogP contribution in [0.15, 0.2) is 42.5 Å². The van der Waals surface area contributed by atoms with Gasteiger partial charge in [0.25, 0.3) is 5.91 Å². The van der Waals surface area contributed by atoms with Gasteiger partial charge in [0, 0.05) is 47.2 Å². The van der Waals surface area contributed by atoms with E-state index in [-0.39, 0.29) is 22.9 Å². The first kappa shape index (κ1) is 33.8. The summed E-state index contributed by atoms with van der Waals surface area (Å²) in [7, 11) is 1.35. The number of nitrogens with zero attached hydrogens (tertiary/aromatic N) is 1. The molecule has 0 saturated carbocycles. The van der Waals surface area contributed by atoms with E-state index in [4.69, 9.17) is 9.84 Å². The summed E-state index contributed by atoms with van der Waals surface area (Å²) < 4.78 is 62.2. The van der Waals surface area contributed by atoms with E-state index in [2.05, 4.69) is 10.7 Å². The average molecular weight is 612 g/mol. The fourth-order valence-corrected chi connectivity index (χ4v) is 5.29. The number of aliphatic hydroxyl groups excluding tert-OH is 2. The van der Waals surface area contributed by atoms with Crippen LogP contribution in [0.4, 0.5) is 17.6 Å². The summed E-state index contributed by atoms with van der Waals surface area (Å²) in [6, 6.07) is 9.97. The number of primary amides is 1. The highest BCUT2D eigenvalue weighted by Gasteiger charge is 2.56. The number of nitrogens with one attached hydrogen (secondary N) is 1. The highest BCUT2D eigenvalue weighted by Crippen LogP contribution is 2.45. The van der Waals surface area contributed by atoms with Gasteiger partial charge >= 0.3 is 6.18 Å². The number of aromatic nitrogens is 1. The lowest BCUT2D eigenvalue weighted by molar-refractivity contribution is -0.266. The number of rotatable bonds is 8. The number of H-pyrrole nitrogens is 1. The number of alkyl halides is 3. The van der Waals surface area contributed by atoms with Crippen LogP contribution >= 0.6 is 0 Å². The van der Waals surface area contributed by atoms with Crippen LogP contribution in [-0.4, -0.2) is 81.7 Å².